The van der Waals surface area contributed by atoms with E-state index >= 15 is 0 Å². The third-order valence-electron chi connectivity index (χ3n) is 1.38. The SMILES string of the molecule is IC1CCC2=C1O2. The van der Waals surface area contributed by atoms with E-state index in [0.717, 1.165) is 0 Å². The normalized spacial score (nSPS) is 35.3. The van der Waals surface area contributed by atoms with E-state index in [0.29, 0.717) is 3.92 Å². The monoisotopic (exact) mass is 208 g/mol. The molecule has 0 aromatic carbocycles. The van der Waals surface area contributed by atoms with Gasteiger partial charge in [-0.15, -0.1) is 0 Å². The highest BCUT2D eigenvalue weighted by Gasteiger charge is 2.37. The van der Waals surface area contributed by atoms with Crippen LogP contribution in [0.15, 0.2) is 11.5 Å². The smallest absolute Gasteiger partial charge is 0.155 e. The van der Waals surface area contributed by atoms with Gasteiger partial charge in [0.1, 0.15) is 5.76 Å². The van der Waals surface area contributed by atoms with Crippen LogP contribution in [0.1, 0.15) is 12.8 Å². The van der Waals surface area contributed by atoms with Crippen molar-refractivity contribution >= 4 is 22.6 Å². The fraction of sp³-hybridized carbons (Fsp3) is 0.600. The van der Waals surface area contributed by atoms with E-state index in [4.69, 9.17) is 4.74 Å². The zero-order valence-corrected chi connectivity index (χ0v) is 5.94. The molecule has 0 fully saturated rings. The summed E-state index contributed by atoms with van der Waals surface area (Å²) < 4.78 is 5.81. The van der Waals surface area contributed by atoms with Gasteiger partial charge < -0.3 is 4.74 Å². The van der Waals surface area contributed by atoms with Gasteiger partial charge in [0.25, 0.3) is 0 Å². The molecular weight excluding hydrogens is 203 g/mol. The van der Waals surface area contributed by atoms with Crippen molar-refractivity contribution < 1.29 is 4.74 Å². The van der Waals surface area contributed by atoms with Crippen molar-refractivity contribution in [3.63, 3.8) is 0 Å². The molecule has 2 rings (SSSR count). The van der Waals surface area contributed by atoms with Crippen molar-refractivity contribution in [2.75, 3.05) is 0 Å². The molecule has 0 saturated carbocycles. The molecule has 0 aromatic heterocycles. The first-order valence-corrected chi connectivity index (χ1v) is 3.67. The lowest BCUT2D eigenvalue weighted by atomic mass is 10.3. The second kappa shape index (κ2) is 1.16. The van der Waals surface area contributed by atoms with Crippen LogP contribution in [0.25, 0.3) is 0 Å². The van der Waals surface area contributed by atoms with Crippen LogP contribution < -0.4 is 0 Å². The van der Waals surface area contributed by atoms with Gasteiger partial charge in [-0.2, -0.15) is 0 Å². The van der Waals surface area contributed by atoms with Crippen LogP contribution in [0, 0.1) is 0 Å². The molecule has 2 heteroatoms. The number of rotatable bonds is 0. The van der Waals surface area contributed by atoms with Gasteiger partial charge in [-0.05, 0) is 6.42 Å². The Hall–Kier alpha value is 0.270. The lowest BCUT2D eigenvalue weighted by Crippen LogP contribution is -1.91. The summed E-state index contributed by atoms with van der Waals surface area (Å²) in [5.41, 5.74) is 0. The minimum atomic E-state index is 0.715. The lowest BCUT2D eigenvalue weighted by Gasteiger charge is -1.97. The Labute approximate surface area is 55.9 Å². The van der Waals surface area contributed by atoms with E-state index in [1.54, 1.807) is 0 Å². The molecule has 38 valence electrons. The maximum Gasteiger partial charge on any atom is 0.155 e. The molecule has 0 radical (unpaired) electrons. The van der Waals surface area contributed by atoms with E-state index in [1.807, 2.05) is 0 Å². The van der Waals surface area contributed by atoms with E-state index in [-0.39, 0.29) is 0 Å². The van der Waals surface area contributed by atoms with Crippen molar-refractivity contribution in [2.45, 2.75) is 16.8 Å². The van der Waals surface area contributed by atoms with Crippen LogP contribution in [-0.2, 0) is 4.74 Å². The van der Waals surface area contributed by atoms with E-state index < -0.39 is 0 Å². The van der Waals surface area contributed by atoms with Crippen LogP contribution in [0.3, 0.4) is 0 Å². The number of ether oxygens (including phenoxy) is 1. The van der Waals surface area contributed by atoms with Crippen LogP contribution >= 0.6 is 22.6 Å². The highest BCUT2D eigenvalue weighted by atomic mass is 127. The molecule has 0 saturated heterocycles. The molecule has 0 aromatic rings. The van der Waals surface area contributed by atoms with Crippen molar-refractivity contribution in [1.82, 2.24) is 0 Å². The molecule has 1 nitrogen and oxygen atoms in total. The summed E-state index contributed by atoms with van der Waals surface area (Å²) >= 11 is 2.42. The number of halogens is 1. The van der Waals surface area contributed by atoms with Crippen molar-refractivity contribution in [2.24, 2.45) is 0 Å². The molecule has 0 spiro atoms. The zero-order chi connectivity index (χ0) is 4.85. The third-order valence-corrected chi connectivity index (χ3v) is 2.56. The molecule has 1 atom stereocenters. The van der Waals surface area contributed by atoms with Crippen LogP contribution in [0.2, 0.25) is 0 Å². The van der Waals surface area contributed by atoms with Gasteiger partial charge in [0.15, 0.2) is 5.76 Å². The van der Waals surface area contributed by atoms with Crippen molar-refractivity contribution in [1.29, 1.82) is 0 Å². The molecule has 0 N–H and O–H groups in total. The molecule has 1 heterocycles. The summed E-state index contributed by atoms with van der Waals surface area (Å²) in [4.78, 5) is 0. The van der Waals surface area contributed by atoms with Crippen LogP contribution in [0.5, 0.6) is 0 Å². The molecule has 1 unspecified atom stereocenters. The molecule has 2 aliphatic rings. The number of allylic oxidation sites excluding steroid dienone is 2. The second-order valence-corrected chi connectivity index (χ2v) is 3.40. The number of hydrogen-bond donors (Lipinski definition) is 0. The predicted molar refractivity (Wildman–Crippen MR) is 35.2 cm³/mol. The Bertz CT molecular complexity index is 139. The first kappa shape index (κ1) is 4.18. The summed E-state index contributed by atoms with van der Waals surface area (Å²) in [6.07, 6.45) is 2.51. The molecule has 7 heavy (non-hydrogen) atoms. The standard InChI is InChI=1S/C5H5IO/c6-3-1-2-4-5(3)7-4/h3H,1-2H2. The Morgan fingerprint density at radius 3 is 2.71 bits per heavy atom. The summed E-state index contributed by atoms with van der Waals surface area (Å²) in [6.45, 7) is 0. The molecule has 0 bridgehead atoms. The largest absolute Gasteiger partial charge is 0.458 e. The minimum absolute atomic E-state index is 0.715. The fourth-order valence-electron chi connectivity index (χ4n) is 0.909. The van der Waals surface area contributed by atoms with E-state index in [1.165, 1.54) is 24.4 Å². The average molecular weight is 208 g/mol. The average Bonchev–Trinajstić information content (AvgIpc) is 2.33. The highest BCUT2D eigenvalue weighted by molar-refractivity contribution is 14.1. The maximum atomic E-state index is 5.09. The predicted octanol–water partition coefficient (Wildman–Crippen LogP) is 1.83. The van der Waals surface area contributed by atoms with E-state index in [9.17, 15) is 0 Å². The first-order chi connectivity index (χ1) is 3.38. The quantitative estimate of drug-likeness (QED) is 0.437. The zero-order valence-electron chi connectivity index (χ0n) is 3.78. The van der Waals surface area contributed by atoms with Gasteiger partial charge in [-0.25, -0.2) is 0 Å². The van der Waals surface area contributed by atoms with Gasteiger partial charge in [0.05, 0.1) is 3.92 Å². The summed E-state index contributed by atoms with van der Waals surface area (Å²) in [5.74, 6) is 2.56. The van der Waals surface area contributed by atoms with E-state index in [2.05, 4.69) is 22.6 Å². The summed E-state index contributed by atoms with van der Waals surface area (Å²) in [6, 6.07) is 0. The highest BCUT2D eigenvalue weighted by Crippen LogP contribution is 2.45. The van der Waals surface area contributed by atoms with Gasteiger partial charge in [-0.3, -0.25) is 0 Å². The molecular formula is C5H5IO. The molecule has 1 aliphatic heterocycles. The summed E-state index contributed by atoms with van der Waals surface area (Å²) in [7, 11) is 0. The fourth-order valence-corrected chi connectivity index (χ4v) is 1.69. The Balaban J connectivity index is 2.24. The summed E-state index contributed by atoms with van der Waals surface area (Å²) in [5, 5.41) is 0. The third kappa shape index (κ3) is 0.490. The van der Waals surface area contributed by atoms with Crippen molar-refractivity contribution in [3.05, 3.63) is 11.5 Å². The van der Waals surface area contributed by atoms with Gasteiger partial charge in [0.2, 0.25) is 0 Å². The topological polar surface area (TPSA) is 12.5 Å². The van der Waals surface area contributed by atoms with Crippen molar-refractivity contribution in [3.8, 4) is 0 Å². The lowest BCUT2D eigenvalue weighted by molar-refractivity contribution is 0.414. The van der Waals surface area contributed by atoms with Gasteiger partial charge >= 0.3 is 0 Å². The Morgan fingerprint density at radius 2 is 2.57 bits per heavy atom. The Kier molecular flexibility index (Phi) is 0.690. The second-order valence-electron chi connectivity index (χ2n) is 1.90. The Morgan fingerprint density at radius 1 is 1.71 bits per heavy atom. The number of alkyl halides is 1. The maximum absolute atomic E-state index is 5.09. The molecule has 1 aliphatic carbocycles. The minimum Gasteiger partial charge on any atom is -0.458 e. The van der Waals surface area contributed by atoms with Crippen LogP contribution in [-0.4, -0.2) is 3.92 Å². The van der Waals surface area contributed by atoms with Gasteiger partial charge in [-0.1, -0.05) is 22.6 Å². The number of hydrogen-bond acceptors (Lipinski definition) is 1. The molecule has 0 amide bonds. The first-order valence-electron chi connectivity index (χ1n) is 2.43. The van der Waals surface area contributed by atoms with Gasteiger partial charge in [0, 0.05) is 6.42 Å². The van der Waals surface area contributed by atoms with Crippen LogP contribution in [0.4, 0.5) is 0 Å².